The molecule has 0 fully saturated rings. The average Bonchev–Trinajstić information content (AvgIpc) is 2.73. The number of thiophene rings is 1. The third-order valence-electron chi connectivity index (χ3n) is 1.96. The Bertz CT molecular complexity index is 455. The van der Waals surface area contributed by atoms with Gasteiger partial charge in [0.15, 0.2) is 0 Å². The summed E-state index contributed by atoms with van der Waals surface area (Å²) >= 11 is 5.04. The molecule has 2 heterocycles. The van der Waals surface area contributed by atoms with Crippen LogP contribution in [0.1, 0.15) is 10.6 Å². The molecule has 0 spiro atoms. The lowest BCUT2D eigenvalue weighted by atomic mass is 10.3. The van der Waals surface area contributed by atoms with Crippen molar-refractivity contribution < 1.29 is 9.84 Å². The number of nitrogens with zero attached hydrogens (tertiary/aromatic N) is 1. The molecular formula is C11H10BrNO2S. The molecule has 1 N–H and O–H groups in total. The van der Waals surface area contributed by atoms with Crippen LogP contribution < -0.4 is 4.74 Å². The Morgan fingerprint density at radius 3 is 2.88 bits per heavy atom. The minimum Gasteiger partial charge on any atom is -0.486 e. The number of rotatable bonds is 4. The summed E-state index contributed by atoms with van der Waals surface area (Å²) < 4.78 is 6.62. The van der Waals surface area contributed by atoms with Crippen LogP contribution in [0.15, 0.2) is 34.2 Å². The SMILES string of the molecule is OCc1ccc(OCc2cc(Br)cs2)cn1. The first-order valence-corrected chi connectivity index (χ1v) is 6.36. The standard InChI is InChI=1S/C11H10BrNO2S/c12-8-3-11(16-7-8)6-15-10-2-1-9(5-14)13-4-10/h1-4,7,14H,5-6H2. The highest BCUT2D eigenvalue weighted by Crippen LogP contribution is 2.21. The van der Waals surface area contributed by atoms with Crippen LogP contribution in [0.25, 0.3) is 0 Å². The molecule has 0 atom stereocenters. The lowest BCUT2D eigenvalue weighted by Gasteiger charge is -2.04. The van der Waals surface area contributed by atoms with Gasteiger partial charge in [0, 0.05) is 14.7 Å². The Labute approximate surface area is 106 Å². The quantitative estimate of drug-likeness (QED) is 0.944. The second-order valence-electron chi connectivity index (χ2n) is 3.16. The Morgan fingerprint density at radius 2 is 2.31 bits per heavy atom. The van der Waals surface area contributed by atoms with Crippen LogP contribution in [0.5, 0.6) is 5.75 Å². The van der Waals surface area contributed by atoms with E-state index in [9.17, 15) is 0 Å². The van der Waals surface area contributed by atoms with Crippen LogP contribution >= 0.6 is 27.3 Å². The molecule has 0 radical (unpaired) electrons. The predicted octanol–water partition coefficient (Wildman–Crippen LogP) is 2.98. The molecule has 2 aromatic rings. The van der Waals surface area contributed by atoms with Crippen LogP contribution in [-0.4, -0.2) is 10.1 Å². The average molecular weight is 300 g/mol. The van der Waals surface area contributed by atoms with E-state index in [1.54, 1.807) is 29.7 Å². The number of aliphatic hydroxyl groups excluding tert-OH is 1. The van der Waals surface area contributed by atoms with E-state index < -0.39 is 0 Å². The Hall–Kier alpha value is -0.910. The van der Waals surface area contributed by atoms with Crippen LogP contribution in [0.4, 0.5) is 0 Å². The molecular weight excluding hydrogens is 290 g/mol. The van der Waals surface area contributed by atoms with Gasteiger partial charge in [0.2, 0.25) is 0 Å². The normalized spacial score (nSPS) is 10.4. The van der Waals surface area contributed by atoms with Gasteiger partial charge in [-0.05, 0) is 34.1 Å². The lowest BCUT2D eigenvalue weighted by molar-refractivity contribution is 0.275. The number of aromatic nitrogens is 1. The minimum absolute atomic E-state index is 0.0435. The third kappa shape index (κ3) is 3.04. The van der Waals surface area contributed by atoms with Crippen molar-refractivity contribution in [3.63, 3.8) is 0 Å². The molecule has 0 unspecified atom stereocenters. The summed E-state index contributed by atoms with van der Waals surface area (Å²) in [4.78, 5) is 5.18. The zero-order valence-electron chi connectivity index (χ0n) is 8.39. The zero-order chi connectivity index (χ0) is 11.4. The Balaban J connectivity index is 1.94. The molecule has 2 aromatic heterocycles. The van der Waals surface area contributed by atoms with E-state index in [0.717, 1.165) is 9.35 Å². The van der Waals surface area contributed by atoms with Gasteiger partial charge in [0.05, 0.1) is 18.5 Å². The van der Waals surface area contributed by atoms with Crippen molar-refractivity contribution in [2.75, 3.05) is 0 Å². The summed E-state index contributed by atoms with van der Waals surface area (Å²) in [5.41, 5.74) is 0.645. The van der Waals surface area contributed by atoms with Crippen LogP contribution in [0.3, 0.4) is 0 Å². The van der Waals surface area contributed by atoms with Gasteiger partial charge in [-0.3, -0.25) is 4.98 Å². The fourth-order valence-electron chi connectivity index (χ4n) is 1.17. The van der Waals surface area contributed by atoms with Crippen molar-refractivity contribution in [3.8, 4) is 5.75 Å². The summed E-state index contributed by atoms with van der Waals surface area (Å²) in [6.07, 6.45) is 1.62. The largest absolute Gasteiger partial charge is 0.486 e. The van der Waals surface area contributed by atoms with Gasteiger partial charge in [-0.15, -0.1) is 11.3 Å². The highest BCUT2D eigenvalue weighted by Gasteiger charge is 2.00. The van der Waals surface area contributed by atoms with Crippen LogP contribution in [-0.2, 0) is 13.2 Å². The van der Waals surface area contributed by atoms with Crippen molar-refractivity contribution in [2.45, 2.75) is 13.2 Å². The van der Waals surface area contributed by atoms with Crippen molar-refractivity contribution in [3.05, 3.63) is 44.8 Å². The molecule has 0 saturated carbocycles. The molecule has 3 nitrogen and oxygen atoms in total. The summed E-state index contributed by atoms with van der Waals surface area (Å²) in [5, 5.41) is 10.9. The number of aliphatic hydroxyl groups is 1. The summed E-state index contributed by atoms with van der Waals surface area (Å²) in [7, 11) is 0. The molecule has 5 heteroatoms. The molecule has 0 aliphatic heterocycles. The van der Waals surface area contributed by atoms with Gasteiger partial charge in [0.25, 0.3) is 0 Å². The molecule has 0 aliphatic carbocycles. The number of ether oxygens (including phenoxy) is 1. The van der Waals surface area contributed by atoms with Crippen molar-refractivity contribution >= 4 is 27.3 Å². The maximum atomic E-state index is 8.83. The van der Waals surface area contributed by atoms with Crippen molar-refractivity contribution in [2.24, 2.45) is 0 Å². The van der Waals surface area contributed by atoms with E-state index in [1.165, 1.54) is 0 Å². The first kappa shape index (κ1) is 11.6. The monoisotopic (exact) mass is 299 g/mol. The van der Waals surface area contributed by atoms with Gasteiger partial charge in [-0.1, -0.05) is 0 Å². The number of pyridine rings is 1. The predicted molar refractivity (Wildman–Crippen MR) is 66.5 cm³/mol. The fraction of sp³-hybridized carbons (Fsp3) is 0.182. The van der Waals surface area contributed by atoms with E-state index >= 15 is 0 Å². The highest BCUT2D eigenvalue weighted by atomic mass is 79.9. The molecule has 0 aromatic carbocycles. The molecule has 84 valence electrons. The van der Waals surface area contributed by atoms with Crippen LogP contribution in [0, 0.1) is 0 Å². The zero-order valence-corrected chi connectivity index (χ0v) is 10.8. The molecule has 0 amide bonds. The van der Waals surface area contributed by atoms with E-state index in [1.807, 2.05) is 11.4 Å². The molecule has 0 saturated heterocycles. The number of halogens is 1. The van der Waals surface area contributed by atoms with E-state index in [4.69, 9.17) is 9.84 Å². The van der Waals surface area contributed by atoms with Crippen molar-refractivity contribution in [1.29, 1.82) is 0 Å². The van der Waals surface area contributed by atoms with Gasteiger partial charge in [0.1, 0.15) is 12.4 Å². The van der Waals surface area contributed by atoms with E-state index in [0.29, 0.717) is 18.1 Å². The number of hydrogen-bond acceptors (Lipinski definition) is 4. The van der Waals surface area contributed by atoms with Crippen molar-refractivity contribution in [1.82, 2.24) is 4.98 Å². The van der Waals surface area contributed by atoms with E-state index in [2.05, 4.69) is 20.9 Å². The smallest absolute Gasteiger partial charge is 0.138 e. The summed E-state index contributed by atoms with van der Waals surface area (Å²) in [6.45, 7) is 0.495. The Kier molecular flexibility index (Phi) is 3.93. The highest BCUT2D eigenvalue weighted by molar-refractivity contribution is 9.10. The first-order chi connectivity index (χ1) is 7.78. The molecule has 2 rings (SSSR count). The third-order valence-corrected chi connectivity index (χ3v) is 3.63. The Morgan fingerprint density at radius 1 is 1.44 bits per heavy atom. The molecule has 0 aliphatic rings. The molecule has 0 bridgehead atoms. The topological polar surface area (TPSA) is 42.4 Å². The number of hydrogen-bond donors (Lipinski definition) is 1. The van der Waals surface area contributed by atoms with Crippen LogP contribution in [0.2, 0.25) is 0 Å². The summed E-state index contributed by atoms with van der Waals surface area (Å²) in [5.74, 6) is 0.710. The second-order valence-corrected chi connectivity index (χ2v) is 5.07. The lowest BCUT2D eigenvalue weighted by Crippen LogP contribution is -1.95. The second kappa shape index (κ2) is 5.43. The first-order valence-electron chi connectivity index (χ1n) is 4.69. The van der Waals surface area contributed by atoms with Gasteiger partial charge in [-0.2, -0.15) is 0 Å². The molecule has 16 heavy (non-hydrogen) atoms. The maximum Gasteiger partial charge on any atom is 0.138 e. The van der Waals surface area contributed by atoms with Gasteiger partial charge < -0.3 is 9.84 Å². The maximum absolute atomic E-state index is 8.83. The summed E-state index contributed by atoms with van der Waals surface area (Å²) in [6, 6.07) is 5.58. The minimum atomic E-state index is -0.0435. The van der Waals surface area contributed by atoms with Gasteiger partial charge >= 0.3 is 0 Å². The van der Waals surface area contributed by atoms with Gasteiger partial charge in [-0.25, -0.2) is 0 Å². The van der Waals surface area contributed by atoms with E-state index in [-0.39, 0.29) is 6.61 Å². The fourth-order valence-corrected chi connectivity index (χ4v) is 2.54.